The molecule has 3 aromatic rings. The van der Waals surface area contributed by atoms with Crippen molar-refractivity contribution in [2.45, 2.75) is 45.3 Å². The fourth-order valence-corrected chi connectivity index (χ4v) is 4.96. The van der Waals surface area contributed by atoms with Crippen molar-refractivity contribution in [1.82, 2.24) is 24.9 Å². The first kappa shape index (κ1) is 23.3. The van der Waals surface area contributed by atoms with Crippen molar-refractivity contribution in [2.24, 2.45) is 0 Å². The van der Waals surface area contributed by atoms with Gasteiger partial charge in [0.25, 0.3) is 5.91 Å². The number of carbonyl (C=O) groups is 2. The third-order valence-corrected chi connectivity index (χ3v) is 6.58. The maximum absolute atomic E-state index is 13.6. The molecule has 0 aromatic carbocycles. The Bertz CT molecular complexity index is 1130. The van der Waals surface area contributed by atoms with Gasteiger partial charge >= 0.3 is 6.16 Å². The van der Waals surface area contributed by atoms with Crippen molar-refractivity contribution >= 4 is 35.0 Å². The molecule has 4 rings (SSSR count). The molecule has 33 heavy (non-hydrogen) atoms. The first-order valence-electron chi connectivity index (χ1n) is 10.5. The van der Waals surface area contributed by atoms with E-state index in [9.17, 15) is 9.59 Å². The summed E-state index contributed by atoms with van der Waals surface area (Å²) in [5.41, 5.74) is 0.542. The molecule has 2 N–H and O–H groups in total. The molecular weight excluding hydrogens is 470 g/mol. The molecule has 0 saturated carbocycles. The third-order valence-electron chi connectivity index (χ3n) is 5.34. The van der Waals surface area contributed by atoms with E-state index >= 15 is 0 Å². The summed E-state index contributed by atoms with van der Waals surface area (Å²) in [6.07, 6.45) is 1.55. The number of carbonyl (C=O) groups excluding carboxylic acids is 1. The fraction of sp³-hybridized carbons (Fsp3) is 0.429. The van der Waals surface area contributed by atoms with Gasteiger partial charge in [-0.05, 0) is 51.9 Å². The van der Waals surface area contributed by atoms with Gasteiger partial charge in [0.1, 0.15) is 5.69 Å². The monoisotopic (exact) mass is 493 g/mol. The van der Waals surface area contributed by atoms with Crippen LogP contribution in [-0.2, 0) is 6.54 Å². The largest absolute Gasteiger partial charge is 0.512 e. The maximum atomic E-state index is 13.6. The maximum Gasteiger partial charge on any atom is 0.512 e. The second-order valence-electron chi connectivity index (χ2n) is 7.97. The van der Waals surface area contributed by atoms with Crippen LogP contribution in [-0.4, -0.2) is 61.9 Å². The summed E-state index contributed by atoms with van der Waals surface area (Å²) in [6, 6.07) is 5.36. The summed E-state index contributed by atoms with van der Waals surface area (Å²) in [5, 5.41) is 16.4. The minimum absolute atomic E-state index is 0.0585. The number of aromatic nitrogens is 3. The van der Waals surface area contributed by atoms with Crippen LogP contribution in [0.1, 0.15) is 43.0 Å². The fourth-order valence-electron chi connectivity index (χ4n) is 3.97. The molecule has 1 aliphatic rings. The molecule has 0 bridgehead atoms. The van der Waals surface area contributed by atoms with E-state index in [0.717, 1.165) is 30.8 Å². The van der Waals surface area contributed by atoms with Crippen molar-refractivity contribution in [3.63, 3.8) is 0 Å². The van der Waals surface area contributed by atoms with Gasteiger partial charge in [-0.3, -0.25) is 4.79 Å². The van der Waals surface area contributed by atoms with Gasteiger partial charge in [0, 0.05) is 18.2 Å². The Labute approximate surface area is 199 Å². The zero-order valence-electron chi connectivity index (χ0n) is 18.2. The Morgan fingerprint density at radius 2 is 2.15 bits per heavy atom. The average molecular weight is 494 g/mol. The highest BCUT2D eigenvalue weighted by Gasteiger charge is 2.32. The van der Waals surface area contributed by atoms with Gasteiger partial charge in [-0.15, -0.1) is 11.3 Å². The van der Waals surface area contributed by atoms with Crippen LogP contribution in [0.25, 0.3) is 10.6 Å². The second-order valence-corrected chi connectivity index (χ2v) is 9.69. The van der Waals surface area contributed by atoms with Crippen LogP contribution in [0, 0.1) is 0 Å². The van der Waals surface area contributed by atoms with Crippen LogP contribution in [0.4, 0.5) is 4.79 Å². The predicted octanol–water partition coefficient (Wildman–Crippen LogP) is 3.96. The topological polar surface area (TPSA) is 123 Å². The standard InChI is InChI=1S/C21H24ClN5O5S/c1-12(2)27(14-5-7-23-8-6-14)20(28)19-24-18(31-21(29)30)11-26(19)10-13-9-15(32-25-13)16-3-4-17(22)33-16/h3-4,9,11-12,14,23H,5-8,10H2,1-2H3,(H,29,30). The van der Waals surface area contributed by atoms with E-state index in [1.165, 1.54) is 17.5 Å². The van der Waals surface area contributed by atoms with Crippen LogP contribution in [0.2, 0.25) is 4.34 Å². The lowest BCUT2D eigenvalue weighted by Gasteiger charge is -2.37. The van der Waals surface area contributed by atoms with Gasteiger partial charge in [0.15, 0.2) is 5.76 Å². The Hall–Kier alpha value is -2.89. The number of carboxylic acid groups (broad SMARTS) is 1. The number of ether oxygens (including phenoxy) is 1. The molecular formula is C21H24ClN5O5S. The van der Waals surface area contributed by atoms with E-state index in [0.29, 0.717) is 15.8 Å². The van der Waals surface area contributed by atoms with Crippen LogP contribution < -0.4 is 10.1 Å². The van der Waals surface area contributed by atoms with Crippen molar-refractivity contribution in [3.8, 4) is 16.5 Å². The highest BCUT2D eigenvalue weighted by Crippen LogP contribution is 2.31. The zero-order chi connectivity index (χ0) is 23.5. The normalized spacial score (nSPS) is 14.5. The summed E-state index contributed by atoms with van der Waals surface area (Å²) >= 11 is 7.37. The van der Waals surface area contributed by atoms with E-state index in [-0.39, 0.29) is 36.2 Å². The van der Waals surface area contributed by atoms with Crippen molar-refractivity contribution in [2.75, 3.05) is 13.1 Å². The number of halogens is 1. The number of nitrogens with zero attached hydrogens (tertiary/aromatic N) is 4. The van der Waals surface area contributed by atoms with E-state index in [4.69, 9.17) is 26.0 Å². The quantitative estimate of drug-likeness (QED) is 0.474. The molecule has 4 heterocycles. The lowest BCUT2D eigenvalue weighted by molar-refractivity contribution is 0.0547. The second kappa shape index (κ2) is 9.94. The lowest BCUT2D eigenvalue weighted by Crippen LogP contribution is -2.50. The summed E-state index contributed by atoms with van der Waals surface area (Å²) in [4.78, 5) is 31.5. The number of imidazole rings is 1. The lowest BCUT2D eigenvalue weighted by atomic mass is 10.0. The molecule has 1 saturated heterocycles. The molecule has 0 aliphatic carbocycles. The molecule has 0 spiro atoms. The van der Waals surface area contributed by atoms with Crippen molar-refractivity contribution in [1.29, 1.82) is 0 Å². The first-order valence-corrected chi connectivity index (χ1v) is 11.7. The van der Waals surface area contributed by atoms with Gasteiger partial charge in [0.2, 0.25) is 11.7 Å². The molecule has 3 aromatic heterocycles. The van der Waals surface area contributed by atoms with E-state index in [1.807, 2.05) is 24.8 Å². The van der Waals surface area contributed by atoms with Gasteiger partial charge in [-0.1, -0.05) is 16.8 Å². The highest BCUT2D eigenvalue weighted by molar-refractivity contribution is 7.19. The van der Waals surface area contributed by atoms with Crippen molar-refractivity contribution < 1.29 is 24.0 Å². The summed E-state index contributed by atoms with van der Waals surface area (Å²) in [5.74, 6) is 0.178. The van der Waals surface area contributed by atoms with E-state index in [1.54, 1.807) is 16.7 Å². The molecule has 12 heteroatoms. The van der Waals surface area contributed by atoms with Crippen LogP contribution in [0.15, 0.2) is 28.9 Å². The van der Waals surface area contributed by atoms with Gasteiger partial charge < -0.3 is 29.2 Å². The number of hydrogen-bond donors (Lipinski definition) is 2. The molecule has 1 fully saturated rings. The number of nitrogens with one attached hydrogen (secondary N) is 1. The summed E-state index contributed by atoms with van der Waals surface area (Å²) in [7, 11) is 0. The summed E-state index contributed by atoms with van der Waals surface area (Å²) in [6.45, 7) is 5.72. The number of amides is 1. The molecule has 176 valence electrons. The molecule has 1 aliphatic heterocycles. The minimum atomic E-state index is -1.50. The van der Waals surface area contributed by atoms with Gasteiger partial charge in [0.05, 0.1) is 22.0 Å². The first-order chi connectivity index (χ1) is 15.8. The number of rotatable bonds is 7. The molecule has 10 nitrogen and oxygen atoms in total. The van der Waals surface area contributed by atoms with E-state index < -0.39 is 6.16 Å². The number of piperidine rings is 1. The number of hydrogen-bond acceptors (Lipinski definition) is 8. The van der Waals surface area contributed by atoms with Crippen LogP contribution >= 0.6 is 22.9 Å². The van der Waals surface area contributed by atoms with Crippen molar-refractivity contribution in [3.05, 3.63) is 40.3 Å². The minimum Gasteiger partial charge on any atom is -0.449 e. The Morgan fingerprint density at radius 1 is 1.39 bits per heavy atom. The predicted molar refractivity (Wildman–Crippen MR) is 122 cm³/mol. The summed E-state index contributed by atoms with van der Waals surface area (Å²) < 4.78 is 12.3. The smallest absolute Gasteiger partial charge is 0.449 e. The molecule has 0 unspecified atom stereocenters. The Balaban J connectivity index is 1.63. The van der Waals surface area contributed by atoms with Crippen LogP contribution in [0.3, 0.4) is 0 Å². The molecule has 0 atom stereocenters. The average Bonchev–Trinajstić information content (AvgIpc) is 3.49. The zero-order valence-corrected chi connectivity index (χ0v) is 19.7. The Kier molecular flexibility index (Phi) is 7.01. The SMILES string of the molecule is CC(C)N(C(=O)c1nc(OC(=O)O)cn1Cc1cc(-c2ccc(Cl)s2)on1)C1CCNCC1. The van der Waals surface area contributed by atoms with Gasteiger partial charge in [-0.2, -0.15) is 4.98 Å². The van der Waals surface area contributed by atoms with E-state index in [2.05, 4.69) is 15.5 Å². The molecule has 1 amide bonds. The van der Waals surface area contributed by atoms with Gasteiger partial charge in [-0.25, -0.2) is 4.79 Å². The number of thiophene rings is 1. The Morgan fingerprint density at radius 3 is 2.79 bits per heavy atom. The van der Waals surface area contributed by atoms with Crippen LogP contribution in [0.5, 0.6) is 5.88 Å². The molecule has 0 radical (unpaired) electrons. The third kappa shape index (κ3) is 5.37. The highest BCUT2D eigenvalue weighted by atomic mass is 35.5.